The second kappa shape index (κ2) is 5.95. The van der Waals surface area contributed by atoms with Gasteiger partial charge in [-0.3, -0.25) is 14.7 Å². The molecule has 2 N–H and O–H groups in total. The minimum Gasteiger partial charge on any atom is -0.494 e. The van der Waals surface area contributed by atoms with Crippen molar-refractivity contribution in [2.75, 3.05) is 33.0 Å². The van der Waals surface area contributed by atoms with E-state index in [1.54, 1.807) is 18.2 Å². The summed E-state index contributed by atoms with van der Waals surface area (Å²) in [6, 6.07) is 5.27. The Bertz CT molecular complexity index is 1040. The maximum absolute atomic E-state index is 12.9. The third-order valence-electron chi connectivity index (χ3n) is 5.68. The van der Waals surface area contributed by atoms with Crippen molar-refractivity contribution in [3.63, 3.8) is 0 Å². The molecule has 4 rings (SSSR count). The molecule has 1 aromatic heterocycles. The number of nitrogens with zero attached hydrogens (tertiary/aromatic N) is 2. The first-order valence-electron chi connectivity index (χ1n) is 8.59. The molecular weight excluding hydrogens is 372 g/mol. The molecule has 2 fully saturated rings. The summed E-state index contributed by atoms with van der Waals surface area (Å²) in [5.74, 6) is -0.754. The van der Waals surface area contributed by atoms with Gasteiger partial charge in [-0.25, -0.2) is 8.42 Å². The largest absolute Gasteiger partial charge is 0.494 e. The van der Waals surface area contributed by atoms with Gasteiger partial charge in [0.05, 0.1) is 18.8 Å². The van der Waals surface area contributed by atoms with E-state index in [9.17, 15) is 18.0 Å². The summed E-state index contributed by atoms with van der Waals surface area (Å²) < 4.78 is 29.3. The molecule has 10 heteroatoms. The van der Waals surface area contributed by atoms with Crippen LogP contribution >= 0.6 is 0 Å². The number of H-pyrrole nitrogens is 1. The summed E-state index contributed by atoms with van der Waals surface area (Å²) in [5, 5.41) is 10.1. The summed E-state index contributed by atoms with van der Waals surface area (Å²) in [6.45, 7) is 0.00908. The first kappa shape index (κ1) is 17.8. The lowest BCUT2D eigenvalue weighted by Gasteiger charge is -2.49. The fraction of sp³-hybridized carbons (Fsp3) is 0.471. The quantitative estimate of drug-likeness (QED) is 0.755. The van der Waals surface area contributed by atoms with E-state index < -0.39 is 20.5 Å². The lowest BCUT2D eigenvalue weighted by Crippen LogP contribution is -2.69. The Balaban J connectivity index is 1.63. The number of para-hydroxylation sites is 1. The highest BCUT2D eigenvalue weighted by atomic mass is 32.2. The van der Waals surface area contributed by atoms with Gasteiger partial charge in [-0.1, -0.05) is 12.1 Å². The maximum atomic E-state index is 12.9. The van der Waals surface area contributed by atoms with Crippen LogP contribution in [0.3, 0.4) is 0 Å². The minimum absolute atomic E-state index is 0.00454. The van der Waals surface area contributed by atoms with Crippen LogP contribution in [0, 0.1) is 5.92 Å². The summed E-state index contributed by atoms with van der Waals surface area (Å²) in [5.41, 5.74) is 0.820. The number of aromatic nitrogens is 2. The number of hydrogen-bond acceptors (Lipinski definition) is 6. The number of methoxy groups -OCH3 is 1. The van der Waals surface area contributed by atoms with Crippen molar-refractivity contribution in [3.8, 4) is 5.75 Å². The van der Waals surface area contributed by atoms with E-state index in [2.05, 4.69) is 15.5 Å². The molecule has 0 bridgehead atoms. The van der Waals surface area contributed by atoms with Crippen LogP contribution in [-0.4, -0.2) is 73.1 Å². The molecule has 0 radical (unpaired) electrons. The zero-order valence-electron chi connectivity index (χ0n) is 15.0. The fourth-order valence-electron chi connectivity index (χ4n) is 4.16. The van der Waals surface area contributed by atoms with E-state index >= 15 is 0 Å². The zero-order chi connectivity index (χ0) is 19.4. The van der Waals surface area contributed by atoms with Crippen molar-refractivity contribution in [1.29, 1.82) is 0 Å². The van der Waals surface area contributed by atoms with Crippen molar-refractivity contribution in [3.05, 3.63) is 23.9 Å². The molecule has 9 nitrogen and oxygen atoms in total. The fourth-order valence-corrected chi connectivity index (χ4v) is 6.48. The number of carbonyl (C=O) groups is 2. The Hall–Kier alpha value is -2.62. The molecule has 1 spiro atoms. The van der Waals surface area contributed by atoms with Crippen LogP contribution < -0.4 is 10.1 Å². The summed E-state index contributed by atoms with van der Waals surface area (Å²) in [7, 11) is -0.426. The van der Waals surface area contributed by atoms with E-state index in [1.165, 1.54) is 19.1 Å². The average molecular weight is 392 g/mol. The predicted octanol–water partition coefficient (Wildman–Crippen LogP) is -0.0532. The number of benzene rings is 1. The molecule has 144 valence electrons. The number of sulfone groups is 1. The molecule has 1 unspecified atom stereocenters. The van der Waals surface area contributed by atoms with E-state index in [0.717, 1.165) is 0 Å². The van der Waals surface area contributed by atoms with Crippen molar-refractivity contribution in [2.45, 2.75) is 11.2 Å². The van der Waals surface area contributed by atoms with Crippen LogP contribution in [-0.2, 0) is 14.6 Å². The lowest BCUT2D eigenvalue weighted by molar-refractivity contribution is -0.126. The Kier molecular flexibility index (Phi) is 3.91. The summed E-state index contributed by atoms with van der Waals surface area (Å²) >= 11 is 0. The molecule has 2 saturated heterocycles. The van der Waals surface area contributed by atoms with E-state index in [0.29, 0.717) is 16.7 Å². The normalized spacial score (nSPS) is 22.6. The Morgan fingerprint density at radius 2 is 2.11 bits per heavy atom. The number of aromatic amines is 1. The van der Waals surface area contributed by atoms with Crippen LogP contribution in [0.4, 0.5) is 0 Å². The second-order valence-electron chi connectivity index (χ2n) is 6.96. The van der Waals surface area contributed by atoms with Gasteiger partial charge in [0.25, 0.3) is 5.91 Å². The zero-order valence-corrected chi connectivity index (χ0v) is 15.8. The molecular formula is C17H20N4O5S. The van der Waals surface area contributed by atoms with Gasteiger partial charge in [-0.15, -0.1) is 0 Å². The molecule has 1 aromatic carbocycles. The molecule has 27 heavy (non-hydrogen) atoms. The average Bonchev–Trinajstić information content (AvgIpc) is 3.17. The van der Waals surface area contributed by atoms with Crippen molar-refractivity contribution in [2.24, 2.45) is 5.92 Å². The van der Waals surface area contributed by atoms with Crippen molar-refractivity contribution < 1.29 is 22.7 Å². The second-order valence-corrected chi connectivity index (χ2v) is 9.41. The van der Waals surface area contributed by atoms with E-state index in [1.807, 2.05) is 0 Å². The third-order valence-corrected chi connectivity index (χ3v) is 8.23. The highest BCUT2D eigenvalue weighted by Crippen LogP contribution is 2.45. The molecule has 1 atom stereocenters. The van der Waals surface area contributed by atoms with Gasteiger partial charge in [0.15, 0.2) is 15.5 Å². The van der Waals surface area contributed by atoms with Crippen LogP contribution in [0.15, 0.2) is 18.2 Å². The van der Waals surface area contributed by atoms with Crippen LogP contribution in [0.1, 0.15) is 16.9 Å². The summed E-state index contributed by atoms with van der Waals surface area (Å²) in [6.07, 6.45) is 0.284. The molecule has 3 heterocycles. The van der Waals surface area contributed by atoms with Crippen LogP contribution in [0.2, 0.25) is 0 Å². The molecule has 2 aliphatic heterocycles. The van der Waals surface area contributed by atoms with E-state index in [4.69, 9.17) is 4.74 Å². The smallest absolute Gasteiger partial charge is 0.275 e. The predicted molar refractivity (Wildman–Crippen MR) is 97.2 cm³/mol. The number of carbonyl (C=O) groups excluding carboxylic acids is 2. The number of rotatable bonds is 3. The van der Waals surface area contributed by atoms with Gasteiger partial charge in [0.2, 0.25) is 5.91 Å². The SMILES string of the molecule is CNC(=O)C1CCS(=O)(=O)C12CN(C(=O)c1n[nH]c3c(OC)cccc13)C2. The standard InChI is InChI=1S/C17H20N4O5S/c1-18-15(22)11-6-7-27(24,25)17(11)8-21(9-17)16(23)14-10-4-3-5-12(26-2)13(10)19-20-14/h3-5,11H,6-9H2,1-2H3,(H,18,22)(H,19,20). The Morgan fingerprint density at radius 1 is 1.37 bits per heavy atom. The first-order chi connectivity index (χ1) is 12.8. The Morgan fingerprint density at radius 3 is 2.78 bits per heavy atom. The number of ether oxygens (including phenoxy) is 1. The van der Waals surface area contributed by atoms with Gasteiger partial charge in [0.1, 0.15) is 16.0 Å². The number of nitrogens with one attached hydrogen (secondary N) is 2. The number of hydrogen-bond donors (Lipinski definition) is 2. The van der Waals surface area contributed by atoms with Crippen LogP contribution in [0.25, 0.3) is 10.9 Å². The molecule has 0 saturated carbocycles. The summed E-state index contributed by atoms with van der Waals surface area (Å²) in [4.78, 5) is 26.5. The number of likely N-dealkylation sites (tertiary alicyclic amines) is 1. The Labute approximate surface area is 156 Å². The van der Waals surface area contributed by atoms with Crippen molar-refractivity contribution >= 4 is 32.6 Å². The number of fused-ring (bicyclic) bond motifs is 1. The number of amides is 2. The molecule has 0 aliphatic carbocycles. The highest BCUT2D eigenvalue weighted by molar-refractivity contribution is 7.93. The molecule has 2 aromatic rings. The topological polar surface area (TPSA) is 121 Å². The van der Waals surface area contributed by atoms with E-state index in [-0.39, 0.29) is 42.8 Å². The van der Waals surface area contributed by atoms with Gasteiger partial charge in [0, 0.05) is 25.5 Å². The molecule has 2 amide bonds. The monoisotopic (exact) mass is 392 g/mol. The minimum atomic E-state index is -3.45. The first-order valence-corrected chi connectivity index (χ1v) is 10.2. The van der Waals surface area contributed by atoms with Gasteiger partial charge in [-0.2, -0.15) is 5.10 Å². The molecule has 2 aliphatic rings. The third kappa shape index (κ3) is 2.35. The van der Waals surface area contributed by atoms with Gasteiger partial charge < -0.3 is 15.0 Å². The van der Waals surface area contributed by atoms with Crippen molar-refractivity contribution in [1.82, 2.24) is 20.4 Å². The van der Waals surface area contributed by atoms with Gasteiger partial charge in [-0.05, 0) is 12.5 Å². The lowest BCUT2D eigenvalue weighted by atomic mass is 9.82. The van der Waals surface area contributed by atoms with Gasteiger partial charge >= 0.3 is 0 Å². The highest BCUT2D eigenvalue weighted by Gasteiger charge is 2.64. The maximum Gasteiger partial charge on any atom is 0.275 e. The van der Waals surface area contributed by atoms with Crippen LogP contribution in [0.5, 0.6) is 5.75 Å².